The Balaban J connectivity index is 0.00000200. The largest absolute Gasteiger partial charge is 0.573 e. The number of fused-ring (bicyclic) bond motifs is 1. The normalized spacial score (nSPS) is 10.7. The first-order valence-electron chi connectivity index (χ1n) is 5.32. The van der Waals surface area contributed by atoms with Gasteiger partial charge in [0, 0.05) is 13.1 Å². The molecule has 0 saturated heterocycles. The van der Waals surface area contributed by atoms with E-state index >= 15 is 0 Å². The zero-order valence-electron chi connectivity index (χ0n) is 10.4. The molecule has 0 amide bonds. The number of aromatic nitrogens is 2. The fourth-order valence-electron chi connectivity index (χ4n) is 1.61. The molecule has 0 atom stereocenters. The van der Waals surface area contributed by atoms with Crippen LogP contribution in [0.15, 0.2) is 18.2 Å². The van der Waals surface area contributed by atoms with Crippen molar-refractivity contribution in [1.82, 2.24) is 9.55 Å². The Labute approximate surface area is 119 Å². The molecule has 2 N–H and O–H groups in total. The van der Waals surface area contributed by atoms with Gasteiger partial charge in [0.05, 0.1) is 17.6 Å². The second-order valence-electron chi connectivity index (χ2n) is 3.70. The minimum Gasteiger partial charge on any atom is -0.406 e. The van der Waals surface area contributed by atoms with Crippen molar-refractivity contribution >= 4 is 23.4 Å². The third-order valence-corrected chi connectivity index (χ3v) is 2.39. The molecule has 4 nitrogen and oxygen atoms in total. The van der Waals surface area contributed by atoms with Crippen molar-refractivity contribution in [2.75, 3.05) is 6.54 Å². The summed E-state index contributed by atoms with van der Waals surface area (Å²) < 4.78 is 41.8. The van der Waals surface area contributed by atoms with E-state index in [9.17, 15) is 13.2 Å². The third-order valence-electron chi connectivity index (χ3n) is 2.39. The molecule has 0 aliphatic heterocycles. The zero-order chi connectivity index (χ0) is 14.0. The summed E-state index contributed by atoms with van der Waals surface area (Å²) in [4.78, 5) is 4.18. The quantitative estimate of drug-likeness (QED) is 0.822. The smallest absolute Gasteiger partial charge is 0.406 e. The molecule has 0 radical (unpaired) electrons. The minimum atomic E-state index is -4.71. The van der Waals surface area contributed by atoms with Crippen LogP contribution >= 0.6 is 12.4 Å². The number of nitrogens with zero attached hydrogens (tertiary/aromatic N) is 2. The zero-order valence-corrected chi connectivity index (χ0v) is 11.2. The van der Waals surface area contributed by atoms with Crippen LogP contribution in [0.5, 0.6) is 5.75 Å². The SMILES string of the molecule is Cl.Cn1c(C#CCN)nc2ccc(OC(F)(F)F)cc21. The van der Waals surface area contributed by atoms with E-state index in [2.05, 4.69) is 21.6 Å². The summed E-state index contributed by atoms with van der Waals surface area (Å²) in [6.45, 7) is 0.186. The number of benzene rings is 1. The van der Waals surface area contributed by atoms with Crippen LogP contribution in [0.4, 0.5) is 13.2 Å². The summed E-state index contributed by atoms with van der Waals surface area (Å²) in [5.41, 5.74) is 6.30. The molecule has 108 valence electrons. The third kappa shape index (κ3) is 3.56. The van der Waals surface area contributed by atoms with Crippen LogP contribution in [-0.4, -0.2) is 22.5 Å². The van der Waals surface area contributed by atoms with Crippen molar-refractivity contribution in [2.45, 2.75) is 6.36 Å². The predicted octanol–water partition coefficient (Wildman–Crippen LogP) is 2.20. The highest BCUT2D eigenvalue weighted by Crippen LogP contribution is 2.26. The van der Waals surface area contributed by atoms with Gasteiger partial charge in [0.2, 0.25) is 0 Å². The highest BCUT2D eigenvalue weighted by Gasteiger charge is 2.31. The minimum absolute atomic E-state index is 0. The molecule has 8 heteroatoms. The topological polar surface area (TPSA) is 53.1 Å². The molecule has 0 aliphatic carbocycles. The molecule has 0 bridgehead atoms. The van der Waals surface area contributed by atoms with Crippen LogP contribution in [0.1, 0.15) is 5.82 Å². The van der Waals surface area contributed by atoms with Crippen molar-refractivity contribution in [2.24, 2.45) is 12.8 Å². The number of aryl methyl sites for hydroxylation is 1. The summed E-state index contributed by atoms with van der Waals surface area (Å²) in [5.74, 6) is 5.53. The lowest BCUT2D eigenvalue weighted by atomic mass is 10.3. The van der Waals surface area contributed by atoms with E-state index in [1.807, 2.05) is 0 Å². The number of halogens is 4. The first-order valence-corrected chi connectivity index (χ1v) is 5.32. The van der Waals surface area contributed by atoms with Crippen LogP contribution < -0.4 is 10.5 Å². The van der Waals surface area contributed by atoms with E-state index in [-0.39, 0.29) is 24.7 Å². The average Bonchev–Trinajstić information content (AvgIpc) is 2.62. The summed E-state index contributed by atoms with van der Waals surface area (Å²) in [6.07, 6.45) is -4.71. The summed E-state index contributed by atoms with van der Waals surface area (Å²) in [7, 11) is 1.66. The van der Waals surface area contributed by atoms with Crippen LogP contribution in [0.25, 0.3) is 11.0 Å². The molecular formula is C12H11ClF3N3O. The van der Waals surface area contributed by atoms with Crippen molar-refractivity contribution in [3.05, 3.63) is 24.0 Å². The molecule has 0 unspecified atom stereocenters. The Bertz CT molecular complexity index is 670. The van der Waals surface area contributed by atoms with Crippen LogP contribution in [0.3, 0.4) is 0 Å². The van der Waals surface area contributed by atoms with Gasteiger partial charge in [0.1, 0.15) is 5.75 Å². The van der Waals surface area contributed by atoms with Gasteiger partial charge in [-0.2, -0.15) is 0 Å². The Morgan fingerprint density at radius 3 is 2.70 bits per heavy atom. The summed E-state index contributed by atoms with van der Waals surface area (Å²) >= 11 is 0. The van der Waals surface area contributed by atoms with Gasteiger partial charge in [-0.05, 0) is 18.1 Å². The van der Waals surface area contributed by atoms with Gasteiger partial charge in [-0.1, -0.05) is 5.92 Å². The number of nitrogens with two attached hydrogens (primary N) is 1. The highest BCUT2D eigenvalue weighted by atomic mass is 35.5. The maximum absolute atomic E-state index is 12.1. The monoisotopic (exact) mass is 305 g/mol. The van der Waals surface area contributed by atoms with Gasteiger partial charge in [-0.3, -0.25) is 0 Å². The first kappa shape index (κ1) is 16.1. The molecule has 2 aromatic rings. The highest BCUT2D eigenvalue weighted by molar-refractivity contribution is 5.85. The van der Waals surface area contributed by atoms with Gasteiger partial charge >= 0.3 is 6.36 Å². The van der Waals surface area contributed by atoms with Crippen molar-refractivity contribution in [3.8, 4) is 17.6 Å². The molecule has 20 heavy (non-hydrogen) atoms. The van der Waals surface area contributed by atoms with Crippen molar-refractivity contribution in [3.63, 3.8) is 0 Å². The lowest BCUT2D eigenvalue weighted by Crippen LogP contribution is -2.17. The number of ether oxygens (including phenoxy) is 1. The lowest BCUT2D eigenvalue weighted by Gasteiger charge is -2.08. The molecule has 1 heterocycles. The van der Waals surface area contributed by atoms with Crippen LogP contribution in [0, 0.1) is 11.8 Å². The lowest BCUT2D eigenvalue weighted by molar-refractivity contribution is -0.274. The predicted molar refractivity (Wildman–Crippen MR) is 70.6 cm³/mol. The fraction of sp³-hybridized carbons (Fsp3) is 0.250. The van der Waals surface area contributed by atoms with E-state index in [4.69, 9.17) is 5.73 Å². The van der Waals surface area contributed by atoms with E-state index in [1.54, 1.807) is 11.6 Å². The van der Waals surface area contributed by atoms with Gasteiger partial charge in [0.15, 0.2) is 5.82 Å². The number of hydrogen-bond donors (Lipinski definition) is 1. The van der Waals surface area contributed by atoms with Crippen molar-refractivity contribution < 1.29 is 17.9 Å². The van der Waals surface area contributed by atoms with E-state index in [0.717, 1.165) is 0 Å². The number of imidazole rings is 1. The number of alkyl halides is 3. The molecule has 1 aromatic carbocycles. The van der Waals surface area contributed by atoms with E-state index in [1.165, 1.54) is 18.2 Å². The molecular weight excluding hydrogens is 295 g/mol. The Morgan fingerprint density at radius 2 is 2.10 bits per heavy atom. The molecule has 1 aromatic heterocycles. The van der Waals surface area contributed by atoms with Gasteiger partial charge < -0.3 is 15.0 Å². The summed E-state index contributed by atoms with van der Waals surface area (Å²) in [6, 6.07) is 3.93. The Hall–Kier alpha value is -1.91. The molecule has 0 aliphatic rings. The van der Waals surface area contributed by atoms with Gasteiger partial charge in [-0.15, -0.1) is 25.6 Å². The van der Waals surface area contributed by atoms with Gasteiger partial charge in [0.25, 0.3) is 0 Å². The molecule has 0 spiro atoms. The Kier molecular flexibility index (Phi) is 4.87. The Morgan fingerprint density at radius 1 is 1.40 bits per heavy atom. The summed E-state index contributed by atoms with van der Waals surface area (Å²) in [5, 5.41) is 0. The molecule has 2 rings (SSSR count). The van der Waals surface area contributed by atoms with Crippen LogP contribution in [-0.2, 0) is 7.05 Å². The standard InChI is InChI=1S/C12H10F3N3O.ClH/c1-18-10-7-8(19-12(13,14)15)4-5-9(10)17-11(18)3-2-6-16;/h4-5,7H,6,16H2,1H3;1H. The van der Waals surface area contributed by atoms with Crippen molar-refractivity contribution in [1.29, 1.82) is 0 Å². The second kappa shape index (κ2) is 6.03. The van der Waals surface area contributed by atoms with Gasteiger partial charge in [-0.25, -0.2) is 4.98 Å². The maximum Gasteiger partial charge on any atom is 0.573 e. The number of hydrogen-bond acceptors (Lipinski definition) is 3. The fourth-order valence-corrected chi connectivity index (χ4v) is 1.61. The molecule has 0 fully saturated rings. The average molecular weight is 306 g/mol. The molecule has 0 saturated carbocycles. The second-order valence-corrected chi connectivity index (χ2v) is 3.70. The maximum atomic E-state index is 12.1. The van der Waals surface area contributed by atoms with E-state index < -0.39 is 6.36 Å². The number of rotatable bonds is 1. The van der Waals surface area contributed by atoms with Crippen LogP contribution in [0.2, 0.25) is 0 Å². The van der Waals surface area contributed by atoms with E-state index in [0.29, 0.717) is 16.9 Å². The first-order chi connectivity index (χ1) is 8.90.